The molecule has 0 radical (unpaired) electrons. The highest BCUT2D eigenvalue weighted by atomic mass is 16.5. The van der Waals surface area contributed by atoms with E-state index in [0.29, 0.717) is 34.6 Å². The highest BCUT2D eigenvalue weighted by molar-refractivity contribution is 6.49. The maximum Gasteiger partial charge on any atom is 0.315 e. The lowest BCUT2D eigenvalue weighted by atomic mass is 9.68. The number of nitrogens with zero attached hydrogens (tertiary/aromatic N) is 4. The molecule has 1 unspecified atom stereocenters. The molecular weight excluding hydrogens is 680 g/mol. The van der Waals surface area contributed by atoms with E-state index in [1.54, 1.807) is 55.4 Å². The molecular formula is C38H50N8O7. The van der Waals surface area contributed by atoms with Crippen LogP contribution in [0.1, 0.15) is 74.1 Å². The van der Waals surface area contributed by atoms with Gasteiger partial charge < -0.3 is 30.3 Å². The van der Waals surface area contributed by atoms with Gasteiger partial charge in [0.25, 0.3) is 0 Å². The van der Waals surface area contributed by atoms with Crippen LogP contribution in [0.15, 0.2) is 42.7 Å². The molecule has 0 bridgehead atoms. The van der Waals surface area contributed by atoms with Crippen LogP contribution in [0.25, 0.3) is 16.7 Å². The maximum absolute atomic E-state index is 14.6. The molecule has 3 aliphatic rings. The van der Waals surface area contributed by atoms with Crippen molar-refractivity contribution in [3.63, 3.8) is 0 Å². The van der Waals surface area contributed by atoms with Crippen molar-refractivity contribution >= 4 is 40.3 Å². The van der Waals surface area contributed by atoms with Crippen LogP contribution < -0.4 is 30.7 Å². The first kappa shape index (κ1) is 37.7. The topological polar surface area (TPSA) is 186 Å². The van der Waals surface area contributed by atoms with Gasteiger partial charge in [0.2, 0.25) is 23.4 Å². The molecule has 2 aromatic heterocycles. The SMILES string of the molecule is CCC1C(=O)C(=O)[C@@]1(NC(=O)[C@@H]1C[C@@H](Oc2cc(-n3cccn3)nc3cc(OC)ccc23)CN1C(=O)[C@@H](NC(=O)NC(C)(C)C)C(C)(C)C)NC1CC1. The molecule has 2 aliphatic carbocycles. The van der Waals surface area contributed by atoms with Crippen LogP contribution in [0.3, 0.4) is 0 Å². The Kier molecular flexibility index (Phi) is 10.0. The second kappa shape index (κ2) is 14.1. The first-order chi connectivity index (χ1) is 24.9. The minimum Gasteiger partial charge on any atom is -0.497 e. The van der Waals surface area contributed by atoms with Crippen molar-refractivity contribution in [2.45, 2.75) is 110 Å². The van der Waals surface area contributed by atoms with Gasteiger partial charge in [-0.15, -0.1) is 0 Å². The third-order valence-corrected chi connectivity index (χ3v) is 9.88. The lowest BCUT2D eigenvalue weighted by Crippen LogP contribution is -2.80. The predicted molar refractivity (Wildman–Crippen MR) is 195 cm³/mol. The zero-order chi connectivity index (χ0) is 38.5. The second-order valence-corrected chi connectivity index (χ2v) is 16.3. The highest BCUT2D eigenvalue weighted by Crippen LogP contribution is 2.38. The number of amides is 4. The number of pyridine rings is 1. The van der Waals surface area contributed by atoms with Gasteiger partial charge in [-0.2, -0.15) is 5.10 Å². The fraction of sp³-hybridized carbons (Fsp3) is 0.553. The number of hydrogen-bond acceptors (Lipinski definition) is 10. The zero-order valence-electron chi connectivity index (χ0n) is 31.6. The Morgan fingerprint density at radius 2 is 1.81 bits per heavy atom. The van der Waals surface area contributed by atoms with E-state index in [0.717, 1.165) is 12.8 Å². The molecule has 15 nitrogen and oxygen atoms in total. The van der Waals surface area contributed by atoms with Crippen molar-refractivity contribution < 1.29 is 33.4 Å². The zero-order valence-corrected chi connectivity index (χ0v) is 31.6. The van der Waals surface area contributed by atoms with E-state index in [1.165, 1.54) is 4.90 Å². The van der Waals surface area contributed by atoms with E-state index >= 15 is 0 Å². The van der Waals surface area contributed by atoms with Crippen molar-refractivity contribution in [3.05, 3.63) is 42.7 Å². The molecule has 1 aliphatic heterocycles. The Hall–Kier alpha value is -5.05. The van der Waals surface area contributed by atoms with Gasteiger partial charge in [0.1, 0.15) is 29.7 Å². The Labute approximate surface area is 308 Å². The summed E-state index contributed by atoms with van der Waals surface area (Å²) in [6, 6.07) is 6.27. The van der Waals surface area contributed by atoms with Crippen LogP contribution >= 0.6 is 0 Å². The van der Waals surface area contributed by atoms with Crippen molar-refractivity contribution in [2.24, 2.45) is 11.3 Å². The van der Waals surface area contributed by atoms with Gasteiger partial charge in [0.05, 0.1) is 25.1 Å². The Morgan fingerprint density at radius 3 is 2.42 bits per heavy atom. The molecule has 3 aromatic rings. The minimum atomic E-state index is -1.55. The summed E-state index contributed by atoms with van der Waals surface area (Å²) in [5.41, 5.74) is -2.29. The fourth-order valence-electron chi connectivity index (χ4n) is 7.08. The minimum absolute atomic E-state index is 0.00262. The van der Waals surface area contributed by atoms with E-state index in [2.05, 4.69) is 26.4 Å². The van der Waals surface area contributed by atoms with E-state index in [1.807, 2.05) is 47.6 Å². The van der Waals surface area contributed by atoms with Crippen LogP contribution in [-0.2, 0) is 19.2 Å². The number of hydrogen-bond donors (Lipinski definition) is 4. The molecule has 2 saturated carbocycles. The van der Waals surface area contributed by atoms with Gasteiger partial charge in [-0.25, -0.2) is 14.5 Å². The van der Waals surface area contributed by atoms with Crippen LogP contribution in [-0.4, -0.2) is 98.2 Å². The number of methoxy groups -OCH3 is 1. The molecule has 53 heavy (non-hydrogen) atoms. The number of urea groups is 1. The normalized spacial score (nSPS) is 23.7. The summed E-state index contributed by atoms with van der Waals surface area (Å²) in [4.78, 5) is 74.4. The summed E-state index contributed by atoms with van der Waals surface area (Å²) in [5.74, 6) is -1.49. The number of rotatable bonds is 11. The van der Waals surface area contributed by atoms with Crippen LogP contribution in [0.5, 0.6) is 11.5 Å². The number of ketones is 2. The van der Waals surface area contributed by atoms with E-state index < -0.39 is 70.1 Å². The number of Topliss-reactive ketones (excluding diaryl/α,β-unsaturated/α-hetero) is 2. The first-order valence-electron chi connectivity index (χ1n) is 18.2. The van der Waals surface area contributed by atoms with Crippen LogP contribution in [0.2, 0.25) is 0 Å². The van der Waals surface area contributed by atoms with Gasteiger partial charge in [-0.05, 0) is 63.6 Å². The quantitative estimate of drug-likeness (QED) is 0.169. The van der Waals surface area contributed by atoms with Crippen molar-refractivity contribution in [1.29, 1.82) is 0 Å². The first-order valence-corrected chi connectivity index (χ1v) is 18.2. The van der Waals surface area contributed by atoms with Crippen LogP contribution in [0, 0.1) is 11.3 Å². The summed E-state index contributed by atoms with van der Waals surface area (Å²) in [6.45, 7) is 12.8. The third-order valence-electron chi connectivity index (χ3n) is 9.88. The molecule has 0 spiro atoms. The van der Waals surface area contributed by atoms with Gasteiger partial charge in [0, 0.05) is 47.9 Å². The van der Waals surface area contributed by atoms with E-state index in [9.17, 15) is 24.0 Å². The molecule has 5 atom stereocenters. The number of carbonyl (C=O) groups is 5. The monoisotopic (exact) mass is 730 g/mol. The van der Waals surface area contributed by atoms with Crippen LogP contribution in [0.4, 0.5) is 4.79 Å². The predicted octanol–water partition coefficient (Wildman–Crippen LogP) is 3.03. The molecule has 4 amide bonds. The Morgan fingerprint density at radius 1 is 1.08 bits per heavy atom. The lowest BCUT2D eigenvalue weighted by molar-refractivity contribution is -0.161. The van der Waals surface area contributed by atoms with Gasteiger partial charge >= 0.3 is 6.03 Å². The van der Waals surface area contributed by atoms with Gasteiger partial charge in [-0.1, -0.05) is 27.7 Å². The smallest absolute Gasteiger partial charge is 0.315 e. The molecule has 1 aromatic carbocycles. The number of nitrogens with one attached hydrogen (secondary N) is 4. The van der Waals surface area contributed by atoms with Crippen molar-refractivity contribution in [2.75, 3.05) is 13.7 Å². The second-order valence-electron chi connectivity index (χ2n) is 16.3. The number of benzene rings is 1. The molecule has 6 rings (SSSR count). The highest BCUT2D eigenvalue weighted by Gasteiger charge is 2.64. The molecule has 1 saturated heterocycles. The van der Waals surface area contributed by atoms with Crippen molar-refractivity contribution in [3.8, 4) is 17.3 Å². The standard InChI is InChI=1S/C38H50N8O7/c1-9-25-30(47)32(48)38(25,42-21-11-12-21)43-33(49)27-18-23(20-45(27)34(50)31(36(2,3)4)41-35(51)44-37(5,6)7)53-28-19-29(46-16-10-15-39-46)40-26-17-22(52-8)13-14-24(26)28/h10,13-17,19,21,23,25,27,31,42H,9,11-12,18,20H2,1-8H3,(H,43,49)(H2,41,44,51)/t23-,25?,27+,31-,38-/m1/s1. The summed E-state index contributed by atoms with van der Waals surface area (Å²) in [6.07, 6.45) is 4.76. The number of ether oxygens (including phenoxy) is 2. The van der Waals surface area contributed by atoms with E-state index in [-0.39, 0.29) is 19.0 Å². The van der Waals surface area contributed by atoms with Gasteiger partial charge in [0.15, 0.2) is 11.5 Å². The summed E-state index contributed by atoms with van der Waals surface area (Å²) >= 11 is 0. The average Bonchev–Trinajstić information content (AvgIpc) is 3.54. The average molecular weight is 731 g/mol. The number of aromatic nitrogens is 3. The van der Waals surface area contributed by atoms with E-state index in [4.69, 9.17) is 14.5 Å². The summed E-state index contributed by atoms with van der Waals surface area (Å²) in [5, 5.41) is 16.9. The summed E-state index contributed by atoms with van der Waals surface area (Å²) < 4.78 is 13.7. The lowest BCUT2D eigenvalue weighted by Gasteiger charge is -2.47. The molecule has 3 heterocycles. The maximum atomic E-state index is 14.6. The molecule has 15 heteroatoms. The molecule has 4 N–H and O–H groups in total. The largest absolute Gasteiger partial charge is 0.497 e. The third kappa shape index (κ3) is 7.71. The van der Waals surface area contributed by atoms with Gasteiger partial charge in [-0.3, -0.25) is 24.5 Å². The molecule has 284 valence electrons. The number of carbonyl (C=O) groups excluding carboxylic acids is 5. The molecule has 3 fully saturated rings. The summed E-state index contributed by atoms with van der Waals surface area (Å²) in [7, 11) is 1.57. The fourth-order valence-corrected chi connectivity index (χ4v) is 7.08. The Balaban J connectivity index is 1.35. The number of fused-ring (bicyclic) bond motifs is 1. The number of likely N-dealkylation sites (tertiary alicyclic amines) is 1. The van der Waals surface area contributed by atoms with Crippen molar-refractivity contribution in [1.82, 2.24) is 40.9 Å². The Bertz CT molecular complexity index is 1910.